The van der Waals surface area contributed by atoms with Crippen LogP contribution < -0.4 is 4.90 Å². The average Bonchev–Trinajstić information content (AvgIpc) is 3.95. The molecule has 0 saturated carbocycles. The fraction of sp³-hybridized carbons (Fsp3) is 0.0182. The second-order valence-electron chi connectivity index (χ2n) is 15.2. The molecule has 11 aromatic rings. The van der Waals surface area contributed by atoms with Gasteiger partial charge in [0, 0.05) is 57.4 Å². The van der Waals surface area contributed by atoms with Crippen molar-refractivity contribution in [2.45, 2.75) is 5.41 Å². The first-order valence-electron chi connectivity index (χ1n) is 19.8. The SMILES string of the molecule is c1ccc(C2(c3ccccc3)c3ccccc3-c3cc(N(c4cccc(-c5ccc6sc7ccccc7c6c5)c4)c4ccc5sc6ccccc6c5c4)ccc32)cc1. The Balaban J connectivity index is 1.08. The third-order valence-electron chi connectivity index (χ3n) is 12.1. The average molecular weight is 774 g/mol. The van der Waals surface area contributed by atoms with E-state index in [-0.39, 0.29) is 0 Å². The van der Waals surface area contributed by atoms with Gasteiger partial charge in [-0.25, -0.2) is 0 Å². The Labute approximate surface area is 345 Å². The molecular formula is C55H35NS2. The number of anilines is 3. The third kappa shape index (κ3) is 5.00. The Morgan fingerprint density at radius 2 is 0.828 bits per heavy atom. The number of nitrogens with zero attached hydrogens (tertiary/aromatic N) is 1. The molecule has 0 amide bonds. The Bertz CT molecular complexity index is 3320. The number of thiophene rings is 2. The van der Waals surface area contributed by atoms with E-state index >= 15 is 0 Å². The van der Waals surface area contributed by atoms with Crippen molar-refractivity contribution in [3.63, 3.8) is 0 Å². The molecule has 0 bridgehead atoms. The van der Waals surface area contributed by atoms with E-state index in [1.54, 1.807) is 0 Å². The van der Waals surface area contributed by atoms with E-state index in [0.29, 0.717) is 0 Å². The summed E-state index contributed by atoms with van der Waals surface area (Å²) in [5.41, 5.74) is 13.1. The zero-order valence-electron chi connectivity index (χ0n) is 31.5. The molecule has 0 saturated heterocycles. The van der Waals surface area contributed by atoms with Gasteiger partial charge in [-0.2, -0.15) is 0 Å². The van der Waals surface area contributed by atoms with E-state index in [1.165, 1.54) is 84.9 Å². The van der Waals surface area contributed by atoms with Gasteiger partial charge in [-0.3, -0.25) is 0 Å². The lowest BCUT2D eigenvalue weighted by Crippen LogP contribution is -2.28. The van der Waals surface area contributed by atoms with Crippen molar-refractivity contribution in [2.24, 2.45) is 0 Å². The van der Waals surface area contributed by atoms with Crippen LogP contribution in [0, 0.1) is 0 Å². The van der Waals surface area contributed by atoms with Crippen LogP contribution in [0.5, 0.6) is 0 Å². The van der Waals surface area contributed by atoms with E-state index < -0.39 is 5.41 Å². The van der Waals surface area contributed by atoms with Gasteiger partial charge in [0.15, 0.2) is 0 Å². The molecule has 1 nitrogen and oxygen atoms in total. The van der Waals surface area contributed by atoms with E-state index in [9.17, 15) is 0 Å². The summed E-state index contributed by atoms with van der Waals surface area (Å²) in [7, 11) is 0. The van der Waals surface area contributed by atoms with Crippen LogP contribution in [0.15, 0.2) is 212 Å². The van der Waals surface area contributed by atoms with Gasteiger partial charge >= 0.3 is 0 Å². The van der Waals surface area contributed by atoms with Gasteiger partial charge in [0.1, 0.15) is 0 Å². The molecule has 1 aliphatic rings. The zero-order valence-corrected chi connectivity index (χ0v) is 33.1. The Morgan fingerprint density at radius 3 is 1.55 bits per heavy atom. The molecule has 58 heavy (non-hydrogen) atoms. The van der Waals surface area contributed by atoms with Crippen LogP contribution in [0.2, 0.25) is 0 Å². The van der Waals surface area contributed by atoms with Crippen LogP contribution >= 0.6 is 22.7 Å². The summed E-state index contributed by atoms with van der Waals surface area (Å²) in [5, 5.41) is 5.21. The van der Waals surface area contributed by atoms with Crippen molar-refractivity contribution in [2.75, 3.05) is 4.90 Å². The number of hydrogen-bond acceptors (Lipinski definition) is 3. The lowest BCUT2D eigenvalue weighted by molar-refractivity contribution is 0.768. The maximum atomic E-state index is 2.46. The zero-order chi connectivity index (χ0) is 38.2. The van der Waals surface area contributed by atoms with Crippen molar-refractivity contribution in [3.8, 4) is 22.3 Å². The number of rotatable bonds is 6. The first-order valence-corrected chi connectivity index (χ1v) is 21.5. The molecular weight excluding hydrogens is 739 g/mol. The van der Waals surface area contributed by atoms with E-state index in [0.717, 1.165) is 17.1 Å². The first kappa shape index (κ1) is 33.4. The van der Waals surface area contributed by atoms with E-state index in [2.05, 4.69) is 217 Å². The third-order valence-corrected chi connectivity index (χ3v) is 14.4. The summed E-state index contributed by atoms with van der Waals surface area (Å²) < 4.78 is 5.26. The van der Waals surface area contributed by atoms with Crippen LogP contribution in [0.25, 0.3) is 62.6 Å². The minimum absolute atomic E-state index is 0.448. The maximum Gasteiger partial charge on any atom is 0.0713 e. The predicted molar refractivity (Wildman–Crippen MR) is 250 cm³/mol. The molecule has 0 fully saturated rings. The molecule has 0 spiro atoms. The van der Waals surface area contributed by atoms with Gasteiger partial charge in [0.25, 0.3) is 0 Å². The van der Waals surface area contributed by atoms with Gasteiger partial charge in [0.05, 0.1) is 5.41 Å². The molecule has 9 aromatic carbocycles. The van der Waals surface area contributed by atoms with Crippen LogP contribution in [0.4, 0.5) is 17.1 Å². The first-order chi connectivity index (χ1) is 28.7. The fourth-order valence-electron chi connectivity index (χ4n) is 9.61. The summed E-state index contributed by atoms with van der Waals surface area (Å²) in [6.07, 6.45) is 0. The quantitative estimate of drug-likeness (QED) is 0.163. The number of hydrogen-bond donors (Lipinski definition) is 0. The van der Waals surface area contributed by atoms with Crippen LogP contribution in [0.1, 0.15) is 22.3 Å². The minimum atomic E-state index is -0.448. The molecule has 2 aromatic heterocycles. The summed E-state index contributed by atoms with van der Waals surface area (Å²) in [6, 6.07) is 78.9. The van der Waals surface area contributed by atoms with Crippen LogP contribution in [0.3, 0.4) is 0 Å². The highest BCUT2D eigenvalue weighted by Gasteiger charge is 2.46. The van der Waals surface area contributed by atoms with Gasteiger partial charge in [-0.1, -0.05) is 146 Å². The molecule has 3 heteroatoms. The van der Waals surface area contributed by atoms with Gasteiger partial charge < -0.3 is 4.90 Å². The van der Waals surface area contributed by atoms with Gasteiger partial charge in [-0.15, -0.1) is 22.7 Å². The highest BCUT2D eigenvalue weighted by molar-refractivity contribution is 7.26. The molecule has 0 N–H and O–H groups in total. The Hall–Kier alpha value is -6.78. The molecule has 1 aliphatic carbocycles. The second kappa shape index (κ2) is 13.1. The van der Waals surface area contributed by atoms with Gasteiger partial charge in [-0.05, 0) is 111 Å². The van der Waals surface area contributed by atoms with Crippen molar-refractivity contribution >= 4 is 80.1 Å². The molecule has 0 aliphatic heterocycles. The molecule has 12 rings (SSSR count). The van der Waals surface area contributed by atoms with E-state index in [4.69, 9.17) is 0 Å². The fourth-order valence-corrected chi connectivity index (χ4v) is 11.8. The Morgan fingerprint density at radius 1 is 0.310 bits per heavy atom. The number of fused-ring (bicyclic) bond motifs is 9. The Kier molecular flexibility index (Phi) is 7.56. The lowest BCUT2D eigenvalue weighted by Gasteiger charge is -2.34. The summed E-state index contributed by atoms with van der Waals surface area (Å²) >= 11 is 3.73. The maximum absolute atomic E-state index is 2.46. The summed E-state index contributed by atoms with van der Waals surface area (Å²) in [4.78, 5) is 2.46. The standard InChI is InChI=1S/C55H35NS2/c1-3-15-38(16-4-1)55(39-17-5-2-6-18-39)49-23-10-7-20-43(49)46-34-41(27-29-50(46)55)56(42-28-31-54-48(35-42)45-22-9-12-25-52(45)58-54)40-19-13-14-36(32-40)37-26-30-53-47(33-37)44-21-8-11-24-51(44)57-53/h1-35H. The smallest absolute Gasteiger partial charge is 0.0713 e. The predicted octanol–water partition coefficient (Wildman–Crippen LogP) is 15.9. The largest absolute Gasteiger partial charge is 0.310 e. The second-order valence-corrected chi connectivity index (χ2v) is 17.4. The van der Waals surface area contributed by atoms with Crippen molar-refractivity contribution < 1.29 is 0 Å². The monoisotopic (exact) mass is 773 g/mol. The van der Waals surface area contributed by atoms with Crippen molar-refractivity contribution in [1.82, 2.24) is 0 Å². The highest BCUT2D eigenvalue weighted by atomic mass is 32.1. The minimum Gasteiger partial charge on any atom is -0.310 e. The molecule has 272 valence electrons. The summed E-state index contributed by atoms with van der Waals surface area (Å²) in [5.74, 6) is 0. The van der Waals surface area contributed by atoms with Crippen molar-refractivity contribution in [1.29, 1.82) is 0 Å². The molecule has 0 atom stereocenters. The highest BCUT2D eigenvalue weighted by Crippen LogP contribution is 2.57. The normalized spacial score (nSPS) is 13.0. The van der Waals surface area contributed by atoms with Crippen molar-refractivity contribution in [3.05, 3.63) is 235 Å². The summed E-state index contributed by atoms with van der Waals surface area (Å²) in [6.45, 7) is 0. The molecule has 0 unspecified atom stereocenters. The molecule has 0 radical (unpaired) electrons. The van der Waals surface area contributed by atoms with Crippen LogP contribution in [-0.2, 0) is 5.41 Å². The lowest BCUT2D eigenvalue weighted by atomic mass is 9.68. The molecule has 2 heterocycles. The van der Waals surface area contributed by atoms with Gasteiger partial charge in [0.2, 0.25) is 0 Å². The number of benzene rings is 9. The topological polar surface area (TPSA) is 3.24 Å². The van der Waals surface area contributed by atoms with E-state index in [1.807, 2.05) is 22.7 Å². The van der Waals surface area contributed by atoms with Crippen LogP contribution in [-0.4, -0.2) is 0 Å².